The van der Waals surface area contributed by atoms with Crippen LogP contribution >= 0.6 is 0 Å². The topological polar surface area (TPSA) is 71.0 Å². The van der Waals surface area contributed by atoms with Crippen LogP contribution in [0.3, 0.4) is 0 Å². The quantitative estimate of drug-likeness (QED) is 0.549. The van der Waals surface area contributed by atoms with Crippen LogP contribution in [0.5, 0.6) is 0 Å². The first-order valence-corrected chi connectivity index (χ1v) is 8.73. The zero-order chi connectivity index (χ0) is 14.3. The maximum Gasteiger partial charge on any atom is 0.193 e. The summed E-state index contributed by atoms with van der Waals surface area (Å²) < 4.78 is 27.6. The van der Waals surface area contributed by atoms with E-state index >= 15 is 0 Å². The van der Waals surface area contributed by atoms with Crippen molar-refractivity contribution in [2.24, 2.45) is 10.9 Å². The van der Waals surface area contributed by atoms with E-state index in [1.54, 1.807) is 0 Å². The van der Waals surface area contributed by atoms with Crippen molar-refractivity contribution in [3.63, 3.8) is 0 Å². The summed E-state index contributed by atoms with van der Waals surface area (Å²) in [5.74, 6) is 1.38. The SMILES string of the molecule is CCNC(=NCCS(C)(=O)=O)N(C)CC1CCOC1. The van der Waals surface area contributed by atoms with Gasteiger partial charge in [0.15, 0.2) is 5.96 Å². The van der Waals surface area contributed by atoms with Crippen molar-refractivity contribution in [1.29, 1.82) is 0 Å². The van der Waals surface area contributed by atoms with Gasteiger partial charge in [0.1, 0.15) is 9.84 Å². The predicted octanol–water partition coefficient (Wildman–Crippen LogP) is -0.0352. The number of nitrogens with zero attached hydrogens (tertiary/aromatic N) is 2. The largest absolute Gasteiger partial charge is 0.381 e. The van der Waals surface area contributed by atoms with Crippen molar-refractivity contribution in [3.8, 4) is 0 Å². The molecule has 0 spiro atoms. The Bertz CT molecular complexity index is 389. The van der Waals surface area contributed by atoms with E-state index in [1.165, 1.54) is 6.26 Å². The molecule has 1 saturated heterocycles. The molecule has 0 aliphatic carbocycles. The van der Waals surface area contributed by atoms with E-state index in [1.807, 2.05) is 18.9 Å². The molecule has 1 heterocycles. The average molecular weight is 291 g/mol. The first-order valence-electron chi connectivity index (χ1n) is 6.67. The van der Waals surface area contributed by atoms with Gasteiger partial charge in [0, 0.05) is 38.9 Å². The van der Waals surface area contributed by atoms with Crippen LogP contribution in [0.1, 0.15) is 13.3 Å². The Morgan fingerprint density at radius 3 is 2.79 bits per heavy atom. The van der Waals surface area contributed by atoms with Crippen LogP contribution in [-0.2, 0) is 14.6 Å². The highest BCUT2D eigenvalue weighted by atomic mass is 32.2. The summed E-state index contributed by atoms with van der Waals surface area (Å²) in [5.41, 5.74) is 0. The Morgan fingerprint density at radius 2 is 2.26 bits per heavy atom. The lowest BCUT2D eigenvalue weighted by molar-refractivity contribution is 0.181. The second-order valence-corrected chi connectivity index (χ2v) is 7.24. The molecule has 0 aromatic carbocycles. The van der Waals surface area contributed by atoms with Crippen LogP contribution in [0.25, 0.3) is 0 Å². The van der Waals surface area contributed by atoms with Gasteiger partial charge in [-0.1, -0.05) is 0 Å². The average Bonchev–Trinajstić information content (AvgIpc) is 2.79. The molecule has 19 heavy (non-hydrogen) atoms. The molecular weight excluding hydrogens is 266 g/mol. The molecule has 1 atom stereocenters. The molecule has 7 heteroatoms. The zero-order valence-corrected chi connectivity index (χ0v) is 12.9. The second-order valence-electron chi connectivity index (χ2n) is 4.98. The highest BCUT2D eigenvalue weighted by Crippen LogP contribution is 2.13. The Labute approximate surface area is 116 Å². The van der Waals surface area contributed by atoms with Crippen molar-refractivity contribution in [2.75, 3.05) is 51.9 Å². The molecule has 6 nitrogen and oxygen atoms in total. The summed E-state index contributed by atoms with van der Waals surface area (Å²) >= 11 is 0. The molecular formula is C12H25N3O3S. The highest BCUT2D eigenvalue weighted by molar-refractivity contribution is 7.90. The third kappa shape index (κ3) is 6.77. The monoisotopic (exact) mass is 291 g/mol. The van der Waals surface area contributed by atoms with Crippen molar-refractivity contribution >= 4 is 15.8 Å². The summed E-state index contributed by atoms with van der Waals surface area (Å²) in [7, 11) is -0.984. The molecule has 1 fully saturated rings. The van der Waals surface area contributed by atoms with Gasteiger partial charge in [-0.15, -0.1) is 0 Å². The van der Waals surface area contributed by atoms with Crippen molar-refractivity contribution in [1.82, 2.24) is 10.2 Å². The van der Waals surface area contributed by atoms with Gasteiger partial charge < -0.3 is 15.0 Å². The lowest BCUT2D eigenvalue weighted by Gasteiger charge is -2.24. The number of aliphatic imine (C=N–C) groups is 1. The maximum atomic E-state index is 11.1. The number of sulfone groups is 1. The fraction of sp³-hybridized carbons (Fsp3) is 0.917. The van der Waals surface area contributed by atoms with E-state index in [2.05, 4.69) is 10.3 Å². The molecule has 0 saturated carbocycles. The molecule has 1 N–H and O–H groups in total. The van der Waals surface area contributed by atoms with Crippen LogP contribution in [0.4, 0.5) is 0 Å². The van der Waals surface area contributed by atoms with Gasteiger partial charge in [-0.05, 0) is 13.3 Å². The van der Waals surface area contributed by atoms with Crippen LogP contribution in [0.15, 0.2) is 4.99 Å². The Kier molecular flexibility index (Phi) is 6.57. The van der Waals surface area contributed by atoms with E-state index in [0.29, 0.717) is 12.5 Å². The van der Waals surface area contributed by atoms with Crippen molar-refractivity contribution in [2.45, 2.75) is 13.3 Å². The number of guanidine groups is 1. The first-order chi connectivity index (χ1) is 8.92. The molecule has 0 aromatic rings. The smallest absolute Gasteiger partial charge is 0.193 e. The van der Waals surface area contributed by atoms with Gasteiger partial charge in [0.25, 0.3) is 0 Å². The molecule has 0 radical (unpaired) electrons. The standard InChI is InChI=1S/C12H25N3O3S/c1-4-13-12(14-6-8-19(3,16)17)15(2)9-11-5-7-18-10-11/h11H,4-10H2,1-3H3,(H,13,14). The fourth-order valence-corrected chi connectivity index (χ4v) is 2.41. The molecule has 1 aliphatic heterocycles. The molecule has 112 valence electrons. The molecule has 0 bridgehead atoms. The van der Waals surface area contributed by atoms with Crippen molar-refractivity contribution in [3.05, 3.63) is 0 Å². The highest BCUT2D eigenvalue weighted by Gasteiger charge is 2.19. The third-order valence-corrected chi connectivity index (χ3v) is 3.90. The van der Waals surface area contributed by atoms with Crippen LogP contribution < -0.4 is 5.32 Å². The summed E-state index contributed by atoms with van der Waals surface area (Å²) in [6.07, 6.45) is 2.31. The Morgan fingerprint density at radius 1 is 1.53 bits per heavy atom. The van der Waals surface area contributed by atoms with Gasteiger partial charge in [-0.3, -0.25) is 4.99 Å². The maximum absolute atomic E-state index is 11.1. The fourth-order valence-electron chi connectivity index (χ4n) is 1.99. The van der Waals surface area contributed by atoms with E-state index in [9.17, 15) is 8.42 Å². The number of nitrogens with one attached hydrogen (secondary N) is 1. The van der Waals surface area contributed by atoms with Gasteiger partial charge in [0.2, 0.25) is 0 Å². The van der Waals surface area contributed by atoms with E-state index < -0.39 is 9.84 Å². The zero-order valence-electron chi connectivity index (χ0n) is 12.1. The van der Waals surface area contributed by atoms with Gasteiger partial charge in [0.05, 0.1) is 18.9 Å². The summed E-state index contributed by atoms with van der Waals surface area (Å²) in [6, 6.07) is 0. The molecule has 1 unspecified atom stereocenters. The normalized spacial score (nSPS) is 20.6. The number of hydrogen-bond donors (Lipinski definition) is 1. The molecule has 1 aliphatic rings. The van der Waals surface area contributed by atoms with Gasteiger partial charge in [-0.25, -0.2) is 8.42 Å². The third-order valence-electron chi connectivity index (χ3n) is 2.98. The van der Waals surface area contributed by atoms with Gasteiger partial charge in [-0.2, -0.15) is 0 Å². The van der Waals surface area contributed by atoms with Crippen LogP contribution in [-0.4, -0.2) is 71.2 Å². The summed E-state index contributed by atoms with van der Waals surface area (Å²) in [6.45, 7) is 5.58. The lowest BCUT2D eigenvalue weighted by atomic mass is 10.1. The van der Waals surface area contributed by atoms with Crippen LogP contribution in [0.2, 0.25) is 0 Å². The van der Waals surface area contributed by atoms with Crippen LogP contribution in [0, 0.1) is 5.92 Å². The van der Waals surface area contributed by atoms with E-state index in [0.717, 1.165) is 38.7 Å². The first kappa shape index (κ1) is 16.2. The molecule has 0 aromatic heterocycles. The number of hydrogen-bond acceptors (Lipinski definition) is 4. The Hall–Kier alpha value is -0.820. The minimum absolute atomic E-state index is 0.0856. The minimum Gasteiger partial charge on any atom is -0.381 e. The van der Waals surface area contributed by atoms with E-state index in [4.69, 9.17) is 4.74 Å². The Balaban J connectivity index is 2.51. The van der Waals surface area contributed by atoms with Crippen molar-refractivity contribution < 1.29 is 13.2 Å². The number of rotatable bonds is 6. The minimum atomic E-state index is -2.96. The predicted molar refractivity (Wildman–Crippen MR) is 77.2 cm³/mol. The van der Waals surface area contributed by atoms with E-state index in [-0.39, 0.29) is 5.75 Å². The number of ether oxygens (including phenoxy) is 1. The van der Waals surface area contributed by atoms with Gasteiger partial charge >= 0.3 is 0 Å². The summed E-state index contributed by atoms with van der Waals surface area (Å²) in [5, 5.41) is 3.18. The molecule has 1 rings (SSSR count). The summed E-state index contributed by atoms with van der Waals surface area (Å²) in [4.78, 5) is 6.40. The lowest BCUT2D eigenvalue weighted by Crippen LogP contribution is -2.41. The second kappa shape index (κ2) is 7.69. The molecule has 0 amide bonds.